The van der Waals surface area contributed by atoms with Crippen molar-refractivity contribution in [2.24, 2.45) is 0 Å². The van der Waals surface area contributed by atoms with Gasteiger partial charge in [-0.15, -0.1) is 24.8 Å². The molecular weight excluding hydrogens is 302 g/mol. The summed E-state index contributed by atoms with van der Waals surface area (Å²) in [4.78, 5) is 0. The maximum atomic E-state index is 2.19. The third-order valence-corrected chi connectivity index (χ3v) is 0. The van der Waals surface area contributed by atoms with Crippen LogP contribution in [0.3, 0.4) is 0 Å². The van der Waals surface area contributed by atoms with Crippen molar-refractivity contribution < 1.29 is 0 Å². The van der Waals surface area contributed by atoms with E-state index < -0.39 is 0 Å². The van der Waals surface area contributed by atoms with Crippen LogP contribution in [0.25, 0.3) is 0 Å². The molecule has 0 aromatic rings. The van der Waals surface area contributed by atoms with Gasteiger partial charge in [0.15, 0.2) is 0 Å². The summed E-state index contributed by atoms with van der Waals surface area (Å²) in [5.74, 6) is 0. The molecule has 0 atom stereocenters. The van der Waals surface area contributed by atoms with Gasteiger partial charge in [-0.1, -0.05) is 0 Å². The molecule has 0 bridgehead atoms. The van der Waals surface area contributed by atoms with Gasteiger partial charge in [0, 0.05) is 0 Å². The van der Waals surface area contributed by atoms with Crippen LogP contribution in [0, 0.1) is 0 Å². The van der Waals surface area contributed by atoms with Crippen LogP contribution in [0.4, 0.5) is 0 Å². The van der Waals surface area contributed by atoms with Crippen LogP contribution in [0.2, 0.25) is 3.98 Å². The Hall–Kier alpha value is 1.50. The van der Waals surface area contributed by atoms with Crippen molar-refractivity contribution in [2.45, 2.75) is 10.9 Å². The maximum Gasteiger partial charge on any atom is -0.147 e. The quantitative estimate of drug-likeness (QED) is 0.594. The van der Waals surface area contributed by atoms with Crippen molar-refractivity contribution >= 4 is 50.6 Å². The number of hydrogen-bond acceptors (Lipinski definition) is 0. The average Bonchev–Trinajstić information content (AvgIpc) is 0.918. The Labute approximate surface area is 61.2 Å². The van der Waals surface area contributed by atoms with E-state index in [1.807, 2.05) is 0 Å². The average molecular weight is 309 g/mol. The molecule has 0 aromatic carbocycles. The molecule has 0 saturated carbocycles. The zero-order chi connectivity index (χ0) is 2.71. The molecule has 3 heteroatoms. The van der Waals surface area contributed by atoms with E-state index in [-0.39, 0.29) is 24.8 Å². The number of hydrogen-bond donors (Lipinski definition) is 0. The summed E-state index contributed by atoms with van der Waals surface area (Å²) >= 11 is 1.37. The predicted octanol–water partition coefficient (Wildman–Crippen LogP) is 1.44. The fourth-order valence-corrected chi connectivity index (χ4v) is 0. The van der Waals surface area contributed by atoms with Crippen LogP contribution in [-0.2, 0) is 0 Å². The molecule has 0 saturated heterocycles. The van der Waals surface area contributed by atoms with Crippen LogP contribution in [0.1, 0.15) is 6.92 Å². The minimum atomic E-state index is 0. The fraction of sp³-hybridized carbons (Fsp3) is 1.00. The zero-order valence-electron chi connectivity index (χ0n) is 3.02. The van der Waals surface area contributed by atoms with Crippen molar-refractivity contribution in [1.29, 1.82) is 0 Å². The first-order valence-electron chi connectivity index (χ1n) is 1.06. The Morgan fingerprint density at radius 3 is 1.40 bits per heavy atom. The second-order valence-electron chi connectivity index (χ2n) is 0.354. The minimum absolute atomic E-state index is 0. The van der Waals surface area contributed by atoms with Gasteiger partial charge in [-0.25, -0.2) is 0 Å². The largest absolute Gasteiger partial charge is 0.147 e. The van der Waals surface area contributed by atoms with Gasteiger partial charge in [-0.05, 0) is 0 Å². The van der Waals surface area contributed by atoms with Gasteiger partial charge in [0.05, 0.1) is 0 Å². The Kier molecular flexibility index (Phi) is 57.2. The van der Waals surface area contributed by atoms with E-state index in [1.54, 1.807) is 0 Å². The van der Waals surface area contributed by atoms with Crippen molar-refractivity contribution in [3.8, 4) is 0 Å². The number of halogens is 2. The summed E-state index contributed by atoms with van der Waals surface area (Å²) in [6.45, 7) is 2.19. The van der Waals surface area contributed by atoms with E-state index in [0.717, 1.165) is 0 Å². The predicted molar refractivity (Wildman–Crippen MR) is 30.7 cm³/mol. The summed E-state index contributed by atoms with van der Waals surface area (Å²) in [5, 5.41) is 0. The molecular formula is C2H7Cl2Pb. The SMILES string of the molecule is C[CH2][Pb].Cl.Cl. The Bertz CT molecular complexity index is 7.61. The molecule has 0 amide bonds. The third-order valence-electron chi connectivity index (χ3n) is 0. The molecule has 0 unspecified atom stereocenters. The first-order valence-corrected chi connectivity index (χ1v) is 3.81. The molecule has 0 rings (SSSR count). The molecule has 0 aliphatic carbocycles. The molecule has 0 fully saturated rings. The first kappa shape index (κ1) is 16.0. The smallest absolute Gasteiger partial charge is 0.147 e. The molecule has 0 aliphatic heterocycles. The molecule has 0 N–H and O–H groups in total. The molecule has 0 aliphatic rings. The van der Waals surface area contributed by atoms with E-state index in [2.05, 4.69) is 6.92 Å². The van der Waals surface area contributed by atoms with Crippen LogP contribution in [0.5, 0.6) is 0 Å². The van der Waals surface area contributed by atoms with Crippen molar-refractivity contribution in [3.63, 3.8) is 0 Å². The maximum absolute atomic E-state index is 2.19. The molecule has 0 spiro atoms. The van der Waals surface area contributed by atoms with Gasteiger partial charge in [-0.2, -0.15) is 0 Å². The Morgan fingerprint density at radius 2 is 1.40 bits per heavy atom. The van der Waals surface area contributed by atoms with Gasteiger partial charge in [-0.3, -0.25) is 0 Å². The van der Waals surface area contributed by atoms with E-state index in [1.165, 1.54) is 29.7 Å². The molecule has 0 aromatic heterocycles. The molecule has 5 heavy (non-hydrogen) atoms. The van der Waals surface area contributed by atoms with E-state index in [4.69, 9.17) is 0 Å². The topological polar surface area (TPSA) is 0 Å². The van der Waals surface area contributed by atoms with E-state index >= 15 is 0 Å². The van der Waals surface area contributed by atoms with Crippen LogP contribution >= 0.6 is 24.8 Å². The van der Waals surface area contributed by atoms with Crippen molar-refractivity contribution in [3.05, 3.63) is 0 Å². The number of rotatable bonds is 0. The van der Waals surface area contributed by atoms with Gasteiger partial charge >= 0.3 is 36.7 Å². The van der Waals surface area contributed by atoms with Gasteiger partial charge in [0.25, 0.3) is 0 Å². The van der Waals surface area contributed by atoms with Crippen LogP contribution in [0.15, 0.2) is 0 Å². The standard InChI is InChI=1S/C2H5.2ClH.Pb/c1-2;;;/h1H2,2H3;2*1H;. The van der Waals surface area contributed by atoms with E-state index in [9.17, 15) is 0 Å². The summed E-state index contributed by atoms with van der Waals surface area (Å²) in [6.07, 6.45) is 0. The van der Waals surface area contributed by atoms with Gasteiger partial charge in [0.1, 0.15) is 0 Å². The molecule has 33 valence electrons. The van der Waals surface area contributed by atoms with Crippen molar-refractivity contribution in [1.82, 2.24) is 0 Å². The Balaban J connectivity index is -0.0000000200. The second kappa shape index (κ2) is 17.8. The minimum Gasteiger partial charge on any atom is -0.147 e. The third kappa shape index (κ3) is 29.9. The molecule has 3 radical (unpaired) electrons. The monoisotopic (exact) mass is 309 g/mol. The van der Waals surface area contributed by atoms with Gasteiger partial charge in [0.2, 0.25) is 0 Å². The summed E-state index contributed by atoms with van der Waals surface area (Å²) in [7, 11) is 0. The van der Waals surface area contributed by atoms with E-state index in [0.29, 0.717) is 0 Å². The van der Waals surface area contributed by atoms with Crippen LogP contribution < -0.4 is 0 Å². The molecule has 0 nitrogen and oxygen atoms in total. The van der Waals surface area contributed by atoms with Crippen LogP contribution in [-0.4, -0.2) is 25.8 Å². The summed E-state index contributed by atoms with van der Waals surface area (Å²) < 4.78 is 1.39. The van der Waals surface area contributed by atoms with Gasteiger partial charge < -0.3 is 0 Å². The molecule has 0 heterocycles. The van der Waals surface area contributed by atoms with Crippen molar-refractivity contribution in [2.75, 3.05) is 0 Å². The fourth-order valence-electron chi connectivity index (χ4n) is 0. The normalized spacial score (nSPS) is 3.60. The summed E-state index contributed by atoms with van der Waals surface area (Å²) in [6, 6.07) is 0. The summed E-state index contributed by atoms with van der Waals surface area (Å²) in [5.41, 5.74) is 0. The first-order chi connectivity index (χ1) is 1.41. The second-order valence-corrected chi connectivity index (χ2v) is 3.10. The zero-order valence-corrected chi connectivity index (χ0v) is 8.54. The Morgan fingerprint density at radius 1 is 1.40 bits per heavy atom.